The fourth-order valence-corrected chi connectivity index (χ4v) is 6.81. The lowest BCUT2D eigenvalue weighted by Gasteiger charge is -2.18. The lowest BCUT2D eigenvalue weighted by Crippen LogP contribution is -2.30. The van der Waals surface area contributed by atoms with E-state index in [2.05, 4.69) is 57.2 Å². The maximum absolute atomic E-state index is 12.7. The standard InChI is InChI=1S/C50H90O6/c1-4-7-10-13-16-19-21-23-25-27-29-31-34-37-40-43-49(52)55-46-47(45-54-48(51)42-39-36-33-18-15-12-9-6-3)56-50(53)44-41-38-35-32-30-28-26-24-22-20-17-14-11-8-5-2/h7,10,16,19,23,25,47H,4-6,8-9,11-15,17-18,20-22,24,26-46H2,1-3H3/b10-7-,19-16-,25-23-. The second kappa shape index (κ2) is 45.3. The molecule has 0 aliphatic heterocycles. The number of hydrogen-bond donors (Lipinski definition) is 0. The van der Waals surface area contributed by atoms with E-state index in [1.165, 1.54) is 109 Å². The Bertz CT molecular complexity index is 953. The van der Waals surface area contributed by atoms with E-state index in [0.717, 1.165) is 96.3 Å². The van der Waals surface area contributed by atoms with Gasteiger partial charge in [-0.3, -0.25) is 14.4 Å². The van der Waals surface area contributed by atoms with Crippen LogP contribution in [0.25, 0.3) is 0 Å². The first-order valence-corrected chi connectivity index (χ1v) is 24.0. The van der Waals surface area contributed by atoms with Crippen molar-refractivity contribution in [2.24, 2.45) is 0 Å². The molecular weight excluding hydrogens is 697 g/mol. The molecule has 0 aliphatic rings. The first kappa shape index (κ1) is 53.6. The van der Waals surface area contributed by atoms with Crippen LogP contribution < -0.4 is 0 Å². The number of carbonyl (C=O) groups excluding carboxylic acids is 3. The van der Waals surface area contributed by atoms with Gasteiger partial charge in [-0.25, -0.2) is 0 Å². The third-order valence-corrected chi connectivity index (χ3v) is 10.4. The quantitative estimate of drug-likeness (QED) is 0.0265. The van der Waals surface area contributed by atoms with Crippen LogP contribution in [0.2, 0.25) is 0 Å². The van der Waals surface area contributed by atoms with Crippen LogP contribution in [0.15, 0.2) is 36.5 Å². The van der Waals surface area contributed by atoms with Crippen LogP contribution in [-0.2, 0) is 28.6 Å². The molecule has 0 saturated carbocycles. The topological polar surface area (TPSA) is 78.9 Å². The smallest absolute Gasteiger partial charge is 0.306 e. The zero-order valence-corrected chi connectivity index (χ0v) is 37.2. The third-order valence-electron chi connectivity index (χ3n) is 10.4. The molecule has 1 unspecified atom stereocenters. The van der Waals surface area contributed by atoms with Gasteiger partial charge >= 0.3 is 17.9 Å². The molecule has 6 heteroatoms. The summed E-state index contributed by atoms with van der Waals surface area (Å²) in [5, 5.41) is 0. The predicted octanol–water partition coefficient (Wildman–Crippen LogP) is 15.4. The Morgan fingerprint density at radius 3 is 1.09 bits per heavy atom. The highest BCUT2D eigenvalue weighted by Gasteiger charge is 2.19. The van der Waals surface area contributed by atoms with Gasteiger partial charge in [0.15, 0.2) is 6.10 Å². The van der Waals surface area contributed by atoms with Crippen molar-refractivity contribution in [1.82, 2.24) is 0 Å². The van der Waals surface area contributed by atoms with Gasteiger partial charge in [0.25, 0.3) is 0 Å². The molecule has 0 heterocycles. The van der Waals surface area contributed by atoms with E-state index >= 15 is 0 Å². The summed E-state index contributed by atoms with van der Waals surface area (Å²) in [7, 11) is 0. The summed E-state index contributed by atoms with van der Waals surface area (Å²) in [6, 6.07) is 0. The summed E-state index contributed by atoms with van der Waals surface area (Å²) in [6.07, 6.45) is 51.3. The average molecular weight is 787 g/mol. The molecule has 0 N–H and O–H groups in total. The largest absolute Gasteiger partial charge is 0.462 e. The second-order valence-electron chi connectivity index (χ2n) is 16.0. The summed E-state index contributed by atoms with van der Waals surface area (Å²) in [6.45, 7) is 6.49. The molecule has 56 heavy (non-hydrogen) atoms. The van der Waals surface area contributed by atoms with Crippen molar-refractivity contribution < 1.29 is 28.6 Å². The molecule has 0 aromatic heterocycles. The monoisotopic (exact) mass is 787 g/mol. The maximum Gasteiger partial charge on any atom is 0.306 e. The van der Waals surface area contributed by atoms with Crippen LogP contribution in [0.1, 0.15) is 245 Å². The summed E-state index contributed by atoms with van der Waals surface area (Å²) >= 11 is 0. The Morgan fingerprint density at radius 2 is 0.696 bits per heavy atom. The number of unbranched alkanes of at least 4 members (excludes halogenated alkanes) is 26. The van der Waals surface area contributed by atoms with Gasteiger partial charge in [-0.1, -0.05) is 211 Å². The van der Waals surface area contributed by atoms with Gasteiger partial charge in [-0.2, -0.15) is 0 Å². The Balaban J connectivity index is 4.32. The average Bonchev–Trinajstić information content (AvgIpc) is 3.19. The second-order valence-corrected chi connectivity index (χ2v) is 16.0. The number of carbonyl (C=O) groups is 3. The highest BCUT2D eigenvalue weighted by Crippen LogP contribution is 2.15. The minimum absolute atomic E-state index is 0.0746. The van der Waals surface area contributed by atoms with Gasteiger partial charge < -0.3 is 14.2 Å². The van der Waals surface area contributed by atoms with E-state index in [4.69, 9.17) is 14.2 Å². The number of esters is 3. The molecule has 0 rings (SSSR count). The Labute approximate surface area is 346 Å². The van der Waals surface area contributed by atoms with Crippen molar-refractivity contribution in [3.63, 3.8) is 0 Å². The Morgan fingerprint density at radius 1 is 0.375 bits per heavy atom. The lowest BCUT2D eigenvalue weighted by molar-refractivity contribution is -0.167. The minimum Gasteiger partial charge on any atom is -0.462 e. The third kappa shape index (κ3) is 42.8. The molecule has 0 amide bonds. The fourth-order valence-electron chi connectivity index (χ4n) is 6.81. The van der Waals surface area contributed by atoms with E-state index in [-0.39, 0.29) is 31.1 Å². The van der Waals surface area contributed by atoms with Gasteiger partial charge in [0.05, 0.1) is 0 Å². The van der Waals surface area contributed by atoms with Crippen LogP contribution in [-0.4, -0.2) is 37.2 Å². The molecule has 326 valence electrons. The summed E-state index contributed by atoms with van der Waals surface area (Å²) in [4.78, 5) is 37.7. The molecule has 0 aliphatic carbocycles. The van der Waals surface area contributed by atoms with Gasteiger partial charge in [-0.05, 0) is 51.4 Å². The molecule has 0 radical (unpaired) electrons. The van der Waals surface area contributed by atoms with Crippen molar-refractivity contribution >= 4 is 17.9 Å². The molecule has 0 spiro atoms. The fraction of sp³-hybridized carbons (Fsp3) is 0.820. The van der Waals surface area contributed by atoms with Gasteiger partial charge in [0, 0.05) is 19.3 Å². The molecule has 0 saturated heterocycles. The SMILES string of the molecule is CC/C=C\C/C=C\C/C=C\CCCCCCCC(=O)OCC(COC(=O)CCCCCCCCCC)OC(=O)CCCCCCCCCCCCCCCCC. The summed E-state index contributed by atoms with van der Waals surface area (Å²) < 4.78 is 16.7. The lowest BCUT2D eigenvalue weighted by atomic mass is 10.0. The van der Waals surface area contributed by atoms with Crippen LogP contribution >= 0.6 is 0 Å². The summed E-state index contributed by atoms with van der Waals surface area (Å²) in [5.41, 5.74) is 0. The first-order chi connectivity index (χ1) is 27.5. The molecule has 1 atom stereocenters. The van der Waals surface area contributed by atoms with Crippen LogP contribution in [0.3, 0.4) is 0 Å². The number of allylic oxidation sites excluding steroid dienone is 6. The normalized spacial score (nSPS) is 12.3. The van der Waals surface area contributed by atoms with Crippen molar-refractivity contribution in [1.29, 1.82) is 0 Å². The van der Waals surface area contributed by atoms with Crippen LogP contribution in [0, 0.1) is 0 Å². The highest BCUT2D eigenvalue weighted by molar-refractivity contribution is 5.71. The molecular formula is C50H90O6. The van der Waals surface area contributed by atoms with Crippen molar-refractivity contribution in [2.75, 3.05) is 13.2 Å². The zero-order valence-electron chi connectivity index (χ0n) is 37.2. The number of ether oxygens (including phenoxy) is 3. The van der Waals surface area contributed by atoms with E-state index in [9.17, 15) is 14.4 Å². The van der Waals surface area contributed by atoms with Crippen molar-refractivity contribution in [3.8, 4) is 0 Å². The van der Waals surface area contributed by atoms with E-state index in [1.807, 2.05) is 0 Å². The number of hydrogen-bond acceptors (Lipinski definition) is 6. The number of rotatable bonds is 43. The Hall–Kier alpha value is -2.37. The molecule has 0 aromatic rings. The van der Waals surface area contributed by atoms with E-state index in [1.54, 1.807) is 0 Å². The summed E-state index contributed by atoms with van der Waals surface area (Å²) in [5.74, 6) is -0.889. The van der Waals surface area contributed by atoms with E-state index < -0.39 is 6.10 Å². The van der Waals surface area contributed by atoms with Crippen molar-refractivity contribution in [2.45, 2.75) is 252 Å². The molecule has 0 aromatic carbocycles. The predicted molar refractivity (Wildman–Crippen MR) is 238 cm³/mol. The van der Waals surface area contributed by atoms with Crippen LogP contribution in [0.4, 0.5) is 0 Å². The van der Waals surface area contributed by atoms with Gasteiger partial charge in [0.1, 0.15) is 13.2 Å². The van der Waals surface area contributed by atoms with Gasteiger partial charge in [-0.15, -0.1) is 0 Å². The molecule has 6 nitrogen and oxygen atoms in total. The highest BCUT2D eigenvalue weighted by atomic mass is 16.6. The maximum atomic E-state index is 12.7. The van der Waals surface area contributed by atoms with Crippen molar-refractivity contribution in [3.05, 3.63) is 36.5 Å². The molecule has 0 fully saturated rings. The van der Waals surface area contributed by atoms with Gasteiger partial charge in [0.2, 0.25) is 0 Å². The first-order valence-electron chi connectivity index (χ1n) is 24.0. The zero-order chi connectivity index (χ0) is 40.8. The van der Waals surface area contributed by atoms with E-state index in [0.29, 0.717) is 19.3 Å². The minimum atomic E-state index is -0.772. The van der Waals surface area contributed by atoms with Crippen LogP contribution in [0.5, 0.6) is 0 Å². The molecule has 0 bridgehead atoms. The Kier molecular flexibility index (Phi) is 43.4.